The molecule has 1 N–H and O–H groups in total. The zero-order chi connectivity index (χ0) is 17.1. The highest BCUT2D eigenvalue weighted by molar-refractivity contribution is 5.52. The summed E-state index contributed by atoms with van der Waals surface area (Å²) in [5.74, 6) is 0.611. The summed E-state index contributed by atoms with van der Waals surface area (Å²) >= 11 is 0. The SMILES string of the molecule is COc1cc(CN2CCC[C@H]2c2ccc(F)cc2)cc(OC)c1O. The lowest BCUT2D eigenvalue weighted by molar-refractivity contribution is 0.247. The van der Waals surface area contributed by atoms with E-state index in [1.165, 1.54) is 26.4 Å². The number of ether oxygens (including phenoxy) is 2. The molecular formula is C19H22FNO3. The van der Waals surface area contributed by atoms with Crippen LogP contribution in [0.4, 0.5) is 4.39 Å². The molecule has 0 saturated carbocycles. The molecule has 1 aliphatic heterocycles. The van der Waals surface area contributed by atoms with Crippen LogP contribution in [0, 0.1) is 5.82 Å². The minimum absolute atomic E-state index is 0.0141. The molecule has 24 heavy (non-hydrogen) atoms. The molecule has 0 radical (unpaired) electrons. The van der Waals surface area contributed by atoms with Gasteiger partial charge in [0.05, 0.1) is 14.2 Å². The third-order valence-corrected chi connectivity index (χ3v) is 4.54. The van der Waals surface area contributed by atoms with Crippen molar-refractivity contribution >= 4 is 0 Å². The Morgan fingerprint density at radius 1 is 1.12 bits per heavy atom. The fourth-order valence-corrected chi connectivity index (χ4v) is 3.35. The molecule has 1 heterocycles. The molecule has 0 aromatic heterocycles. The lowest BCUT2D eigenvalue weighted by atomic mass is 10.0. The molecule has 0 bridgehead atoms. The van der Waals surface area contributed by atoms with Crippen molar-refractivity contribution in [3.63, 3.8) is 0 Å². The standard InChI is InChI=1S/C19H22FNO3/c1-23-17-10-13(11-18(24-2)19(17)22)12-21-9-3-4-16(21)14-5-7-15(20)8-6-14/h5-8,10-11,16,22H,3-4,9,12H2,1-2H3/t16-/m0/s1. The minimum Gasteiger partial charge on any atom is -0.502 e. The molecule has 2 aromatic carbocycles. The Labute approximate surface area is 141 Å². The minimum atomic E-state index is -0.212. The Morgan fingerprint density at radius 2 is 1.75 bits per heavy atom. The third-order valence-electron chi connectivity index (χ3n) is 4.54. The lowest BCUT2D eigenvalue weighted by Gasteiger charge is -2.25. The largest absolute Gasteiger partial charge is 0.502 e. The average molecular weight is 331 g/mol. The van der Waals surface area contributed by atoms with Crippen molar-refractivity contribution in [3.05, 3.63) is 53.3 Å². The first-order valence-corrected chi connectivity index (χ1v) is 8.05. The number of hydrogen-bond donors (Lipinski definition) is 1. The van der Waals surface area contributed by atoms with Crippen LogP contribution in [-0.2, 0) is 6.54 Å². The van der Waals surface area contributed by atoms with E-state index in [2.05, 4.69) is 4.90 Å². The van der Waals surface area contributed by atoms with Gasteiger partial charge in [-0.15, -0.1) is 0 Å². The molecule has 0 aliphatic carbocycles. The number of phenols is 1. The van der Waals surface area contributed by atoms with E-state index in [9.17, 15) is 9.50 Å². The van der Waals surface area contributed by atoms with Crippen molar-refractivity contribution in [1.82, 2.24) is 4.90 Å². The second-order valence-corrected chi connectivity index (χ2v) is 6.03. The maximum atomic E-state index is 13.2. The van der Waals surface area contributed by atoms with Crippen LogP contribution in [0.15, 0.2) is 36.4 Å². The van der Waals surface area contributed by atoms with E-state index < -0.39 is 0 Å². The van der Waals surface area contributed by atoms with Crippen LogP contribution >= 0.6 is 0 Å². The van der Waals surface area contributed by atoms with Crippen LogP contribution in [-0.4, -0.2) is 30.8 Å². The number of likely N-dealkylation sites (tertiary alicyclic amines) is 1. The molecule has 1 atom stereocenters. The van der Waals surface area contributed by atoms with Gasteiger partial charge in [-0.05, 0) is 54.8 Å². The molecule has 5 heteroatoms. The first-order chi connectivity index (χ1) is 11.6. The second kappa shape index (κ2) is 7.09. The lowest BCUT2D eigenvalue weighted by Crippen LogP contribution is -2.22. The second-order valence-electron chi connectivity index (χ2n) is 6.03. The van der Waals surface area contributed by atoms with Gasteiger partial charge in [0.2, 0.25) is 5.75 Å². The predicted molar refractivity (Wildman–Crippen MR) is 90.0 cm³/mol. The number of hydrogen-bond acceptors (Lipinski definition) is 4. The van der Waals surface area contributed by atoms with Crippen molar-refractivity contribution < 1.29 is 19.0 Å². The maximum Gasteiger partial charge on any atom is 0.200 e. The molecule has 3 rings (SSSR count). The Hall–Kier alpha value is -2.27. The predicted octanol–water partition coefficient (Wildman–Crippen LogP) is 3.89. The highest BCUT2D eigenvalue weighted by Gasteiger charge is 2.26. The number of methoxy groups -OCH3 is 2. The Bertz CT molecular complexity index is 677. The molecule has 1 aliphatic rings. The number of phenolic OH excluding ortho intramolecular Hbond substituents is 1. The number of aromatic hydroxyl groups is 1. The van der Waals surface area contributed by atoms with E-state index in [0.29, 0.717) is 11.5 Å². The quantitative estimate of drug-likeness (QED) is 0.903. The Kier molecular flexibility index (Phi) is 4.90. The molecule has 0 spiro atoms. The third kappa shape index (κ3) is 3.31. The number of benzene rings is 2. The molecule has 0 amide bonds. The zero-order valence-corrected chi connectivity index (χ0v) is 14.0. The monoisotopic (exact) mass is 331 g/mol. The molecule has 0 unspecified atom stereocenters. The van der Waals surface area contributed by atoms with Crippen molar-refractivity contribution in [3.8, 4) is 17.2 Å². The summed E-state index contributed by atoms with van der Waals surface area (Å²) < 4.78 is 23.6. The van der Waals surface area contributed by atoms with E-state index >= 15 is 0 Å². The van der Waals surface area contributed by atoms with Gasteiger partial charge in [-0.3, -0.25) is 4.90 Å². The van der Waals surface area contributed by atoms with Crippen LogP contribution in [0.5, 0.6) is 17.2 Å². The van der Waals surface area contributed by atoms with Gasteiger partial charge >= 0.3 is 0 Å². The highest BCUT2D eigenvalue weighted by atomic mass is 19.1. The van der Waals surface area contributed by atoms with Gasteiger partial charge in [0.15, 0.2) is 11.5 Å². The van der Waals surface area contributed by atoms with Gasteiger partial charge in [-0.2, -0.15) is 0 Å². The van der Waals surface area contributed by atoms with E-state index in [1.54, 1.807) is 0 Å². The van der Waals surface area contributed by atoms with E-state index in [1.807, 2.05) is 24.3 Å². The molecule has 2 aromatic rings. The van der Waals surface area contributed by atoms with Gasteiger partial charge in [0, 0.05) is 12.6 Å². The summed E-state index contributed by atoms with van der Waals surface area (Å²) in [4.78, 5) is 2.36. The summed E-state index contributed by atoms with van der Waals surface area (Å²) in [6, 6.07) is 10.7. The molecule has 1 fully saturated rings. The van der Waals surface area contributed by atoms with Crippen molar-refractivity contribution in [1.29, 1.82) is 0 Å². The Balaban J connectivity index is 1.83. The van der Waals surface area contributed by atoms with E-state index in [4.69, 9.17) is 9.47 Å². The first kappa shape index (κ1) is 16.6. The number of rotatable bonds is 5. The van der Waals surface area contributed by atoms with Gasteiger partial charge in [0.25, 0.3) is 0 Å². The fourth-order valence-electron chi connectivity index (χ4n) is 3.35. The van der Waals surface area contributed by atoms with Crippen LogP contribution in [0.25, 0.3) is 0 Å². The molecule has 1 saturated heterocycles. The molecular weight excluding hydrogens is 309 g/mol. The van der Waals surface area contributed by atoms with Crippen LogP contribution in [0.2, 0.25) is 0 Å². The van der Waals surface area contributed by atoms with Crippen LogP contribution < -0.4 is 9.47 Å². The van der Waals surface area contributed by atoms with Crippen LogP contribution in [0.3, 0.4) is 0 Å². The molecule has 4 nitrogen and oxygen atoms in total. The van der Waals surface area contributed by atoms with E-state index in [0.717, 1.165) is 37.1 Å². The van der Waals surface area contributed by atoms with Gasteiger partial charge < -0.3 is 14.6 Å². The number of halogens is 1. The zero-order valence-electron chi connectivity index (χ0n) is 14.0. The maximum absolute atomic E-state index is 13.2. The summed E-state index contributed by atoms with van der Waals surface area (Å²) in [5, 5.41) is 10.0. The molecule has 128 valence electrons. The average Bonchev–Trinajstić information content (AvgIpc) is 3.05. The van der Waals surface area contributed by atoms with Crippen molar-refractivity contribution in [2.24, 2.45) is 0 Å². The summed E-state index contributed by atoms with van der Waals surface area (Å²) in [6.07, 6.45) is 2.16. The van der Waals surface area contributed by atoms with Gasteiger partial charge in [-0.1, -0.05) is 12.1 Å². The number of nitrogens with zero attached hydrogens (tertiary/aromatic N) is 1. The smallest absolute Gasteiger partial charge is 0.200 e. The van der Waals surface area contributed by atoms with Gasteiger partial charge in [-0.25, -0.2) is 4.39 Å². The normalized spacial score (nSPS) is 17.9. The van der Waals surface area contributed by atoms with Crippen molar-refractivity contribution in [2.75, 3.05) is 20.8 Å². The summed E-state index contributed by atoms with van der Waals surface area (Å²) in [6.45, 7) is 1.70. The summed E-state index contributed by atoms with van der Waals surface area (Å²) in [7, 11) is 3.05. The Morgan fingerprint density at radius 3 is 2.33 bits per heavy atom. The van der Waals surface area contributed by atoms with Crippen molar-refractivity contribution in [2.45, 2.75) is 25.4 Å². The highest BCUT2D eigenvalue weighted by Crippen LogP contribution is 2.39. The van der Waals surface area contributed by atoms with Gasteiger partial charge in [0.1, 0.15) is 5.82 Å². The van der Waals surface area contributed by atoms with Crippen LogP contribution in [0.1, 0.15) is 30.0 Å². The fraction of sp³-hybridized carbons (Fsp3) is 0.368. The first-order valence-electron chi connectivity index (χ1n) is 8.05. The summed E-state index contributed by atoms with van der Waals surface area (Å²) in [5.41, 5.74) is 2.14. The topological polar surface area (TPSA) is 41.9 Å². The van der Waals surface area contributed by atoms with E-state index in [-0.39, 0.29) is 17.6 Å².